The van der Waals surface area contributed by atoms with Crippen molar-refractivity contribution in [1.29, 1.82) is 0 Å². The van der Waals surface area contributed by atoms with Crippen molar-refractivity contribution in [2.75, 3.05) is 0 Å². The Hall–Kier alpha value is -0.560. The van der Waals surface area contributed by atoms with Gasteiger partial charge in [-0.2, -0.15) is 0 Å². The minimum atomic E-state index is -0.135. The van der Waals surface area contributed by atoms with Crippen LogP contribution in [0.1, 0.15) is 40.0 Å². The first-order valence-corrected chi connectivity index (χ1v) is 5.98. The van der Waals surface area contributed by atoms with E-state index in [-0.39, 0.29) is 11.5 Å². The molecule has 1 N–H and O–H groups in total. The van der Waals surface area contributed by atoms with Crippen LogP contribution in [0, 0.1) is 17.3 Å². The molecular weight excluding hydrogens is 184 g/mol. The van der Waals surface area contributed by atoms with Crippen molar-refractivity contribution in [2.45, 2.75) is 46.1 Å². The highest BCUT2D eigenvalue weighted by Gasteiger charge is 2.47. The molecule has 0 aromatic carbocycles. The Morgan fingerprint density at radius 2 is 2.27 bits per heavy atom. The van der Waals surface area contributed by atoms with Crippen molar-refractivity contribution in [3.05, 3.63) is 23.8 Å². The standard InChI is InChI=1S/C14H22O/c1-9(2)14-6-5-10(3)12(8-14)13(15)7-11(14)4/h5,11-13,15H,1,6-8H2,2-4H3/t11-,12-,13-,14-/m1/s1. The average molecular weight is 206 g/mol. The number of hydrogen-bond donors (Lipinski definition) is 1. The third-order valence-electron chi connectivity index (χ3n) is 4.81. The van der Waals surface area contributed by atoms with Crippen LogP contribution in [0.4, 0.5) is 0 Å². The van der Waals surface area contributed by atoms with Crippen molar-refractivity contribution in [3.63, 3.8) is 0 Å². The number of hydrogen-bond acceptors (Lipinski definition) is 1. The van der Waals surface area contributed by atoms with Gasteiger partial charge in [-0.25, -0.2) is 0 Å². The summed E-state index contributed by atoms with van der Waals surface area (Å²) in [6.45, 7) is 10.8. The second-order valence-corrected chi connectivity index (χ2v) is 5.60. The smallest absolute Gasteiger partial charge is 0.0608 e. The molecule has 2 aliphatic rings. The SMILES string of the molecule is C=C(C)[C@@]12CC=C(C)[C@@H](C1)[C@H](O)C[C@H]2C. The molecule has 1 saturated carbocycles. The van der Waals surface area contributed by atoms with E-state index in [0.717, 1.165) is 19.3 Å². The van der Waals surface area contributed by atoms with Gasteiger partial charge in [0, 0.05) is 5.92 Å². The lowest BCUT2D eigenvalue weighted by atomic mass is 9.54. The van der Waals surface area contributed by atoms with E-state index in [2.05, 4.69) is 33.4 Å². The lowest BCUT2D eigenvalue weighted by Gasteiger charge is -2.51. The number of aliphatic hydroxyl groups is 1. The van der Waals surface area contributed by atoms with Crippen LogP contribution >= 0.6 is 0 Å². The fourth-order valence-electron chi connectivity index (χ4n) is 3.49. The fraction of sp³-hybridized carbons (Fsp3) is 0.714. The highest BCUT2D eigenvalue weighted by Crippen LogP contribution is 2.55. The maximum atomic E-state index is 10.1. The highest BCUT2D eigenvalue weighted by atomic mass is 16.3. The molecule has 0 aromatic rings. The molecule has 0 radical (unpaired) electrons. The summed E-state index contributed by atoms with van der Waals surface area (Å²) in [5, 5.41) is 10.1. The Kier molecular flexibility index (Phi) is 2.54. The van der Waals surface area contributed by atoms with Crippen molar-refractivity contribution < 1.29 is 5.11 Å². The second-order valence-electron chi connectivity index (χ2n) is 5.60. The Labute approximate surface area is 92.9 Å². The van der Waals surface area contributed by atoms with Gasteiger partial charge in [0.05, 0.1) is 6.10 Å². The van der Waals surface area contributed by atoms with E-state index in [1.807, 2.05) is 0 Å². The molecule has 84 valence electrons. The molecule has 15 heavy (non-hydrogen) atoms. The predicted octanol–water partition coefficient (Wildman–Crippen LogP) is 3.31. The van der Waals surface area contributed by atoms with E-state index in [9.17, 15) is 5.11 Å². The zero-order valence-electron chi connectivity index (χ0n) is 10.1. The fourth-order valence-corrected chi connectivity index (χ4v) is 3.49. The number of fused-ring (bicyclic) bond motifs is 2. The molecule has 0 spiro atoms. The van der Waals surface area contributed by atoms with Gasteiger partial charge < -0.3 is 5.11 Å². The Balaban J connectivity index is 2.39. The average Bonchev–Trinajstić information content (AvgIpc) is 2.16. The van der Waals surface area contributed by atoms with E-state index in [1.165, 1.54) is 11.1 Å². The largest absolute Gasteiger partial charge is 0.392 e. The molecule has 2 bridgehead atoms. The van der Waals surface area contributed by atoms with E-state index < -0.39 is 0 Å². The molecule has 1 nitrogen and oxygen atoms in total. The molecule has 0 unspecified atom stereocenters. The zero-order chi connectivity index (χ0) is 11.2. The van der Waals surface area contributed by atoms with E-state index in [0.29, 0.717) is 11.8 Å². The normalized spacial score (nSPS) is 44.8. The van der Waals surface area contributed by atoms with Gasteiger partial charge in [-0.1, -0.05) is 30.7 Å². The maximum Gasteiger partial charge on any atom is 0.0608 e. The van der Waals surface area contributed by atoms with Gasteiger partial charge in [0.1, 0.15) is 0 Å². The van der Waals surface area contributed by atoms with Gasteiger partial charge in [-0.05, 0) is 44.4 Å². The number of allylic oxidation sites excluding steroid dienone is 2. The topological polar surface area (TPSA) is 20.2 Å². The minimum Gasteiger partial charge on any atom is -0.392 e. The molecule has 0 saturated heterocycles. The summed E-state index contributed by atoms with van der Waals surface area (Å²) in [7, 11) is 0. The number of aliphatic hydroxyl groups excluding tert-OH is 1. The third kappa shape index (κ3) is 1.48. The summed E-state index contributed by atoms with van der Waals surface area (Å²) >= 11 is 0. The van der Waals surface area contributed by atoms with Gasteiger partial charge in [-0.3, -0.25) is 0 Å². The van der Waals surface area contributed by atoms with Crippen LogP contribution in [-0.2, 0) is 0 Å². The first-order chi connectivity index (χ1) is 6.97. The third-order valence-corrected chi connectivity index (χ3v) is 4.81. The summed E-state index contributed by atoms with van der Waals surface area (Å²) in [6, 6.07) is 0. The minimum absolute atomic E-state index is 0.135. The van der Waals surface area contributed by atoms with Crippen LogP contribution in [0.15, 0.2) is 23.8 Å². The first-order valence-electron chi connectivity index (χ1n) is 5.98. The van der Waals surface area contributed by atoms with Crippen molar-refractivity contribution in [2.24, 2.45) is 17.3 Å². The summed E-state index contributed by atoms with van der Waals surface area (Å²) in [4.78, 5) is 0. The molecule has 2 aliphatic carbocycles. The lowest BCUT2D eigenvalue weighted by molar-refractivity contribution is -0.00600. The molecule has 1 fully saturated rings. The molecule has 0 aromatic heterocycles. The van der Waals surface area contributed by atoms with Crippen molar-refractivity contribution in [3.8, 4) is 0 Å². The summed E-state index contributed by atoms with van der Waals surface area (Å²) in [5.41, 5.74) is 2.95. The Morgan fingerprint density at radius 1 is 1.60 bits per heavy atom. The van der Waals surface area contributed by atoms with Crippen LogP contribution < -0.4 is 0 Å². The quantitative estimate of drug-likeness (QED) is 0.653. The summed E-state index contributed by atoms with van der Waals surface area (Å²) in [5.74, 6) is 0.942. The lowest BCUT2D eigenvalue weighted by Crippen LogP contribution is -2.45. The zero-order valence-corrected chi connectivity index (χ0v) is 10.1. The van der Waals surface area contributed by atoms with Crippen LogP contribution in [-0.4, -0.2) is 11.2 Å². The van der Waals surface area contributed by atoms with Gasteiger partial charge >= 0.3 is 0 Å². The second kappa shape index (κ2) is 3.48. The van der Waals surface area contributed by atoms with Gasteiger partial charge in [-0.15, -0.1) is 0 Å². The Morgan fingerprint density at radius 3 is 2.87 bits per heavy atom. The van der Waals surface area contributed by atoms with Gasteiger partial charge in [0.15, 0.2) is 0 Å². The van der Waals surface area contributed by atoms with E-state index in [1.54, 1.807) is 0 Å². The first kappa shape index (κ1) is 10.9. The molecule has 2 rings (SSSR count). The van der Waals surface area contributed by atoms with Gasteiger partial charge in [0.2, 0.25) is 0 Å². The molecule has 0 heterocycles. The van der Waals surface area contributed by atoms with Gasteiger partial charge in [0.25, 0.3) is 0 Å². The maximum absolute atomic E-state index is 10.1. The molecular formula is C14H22O. The molecule has 4 atom stereocenters. The van der Waals surface area contributed by atoms with Crippen LogP contribution in [0.5, 0.6) is 0 Å². The summed E-state index contributed by atoms with van der Waals surface area (Å²) < 4.78 is 0. The van der Waals surface area contributed by atoms with Crippen LogP contribution in [0.25, 0.3) is 0 Å². The molecule has 0 amide bonds. The summed E-state index contributed by atoms with van der Waals surface area (Å²) in [6.07, 6.45) is 5.35. The number of rotatable bonds is 1. The predicted molar refractivity (Wildman–Crippen MR) is 63.5 cm³/mol. The van der Waals surface area contributed by atoms with Crippen molar-refractivity contribution >= 4 is 0 Å². The highest BCUT2D eigenvalue weighted by molar-refractivity contribution is 5.24. The molecule has 1 heteroatoms. The monoisotopic (exact) mass is 206 g/mol. The van der Waals surface area contributed by atoms with Crippen LogP contribution in [0.2, 0.25) is 0 Å². The van der Waals surface area contributed by atoms with Crippen molar-refractivity contribution in [1.82, 2.24) is 0 Å². The Bertz CT molecular complexity index is 315. The van der Waals surface area contributed by atoms with Crippen LogP contribution in [0.3, 0.4) is 0 Å². The molecule has 0 aliphatic heterocycles. The van der Waals surface area contributed by atoms with E-state index >= 15 is 0 Å². The van der Waals surface area contributed by atoms with E-state index in [4.69, 9.17) is 0 Å².